The summed E-state index contributed by atoms with van der Waals surface area (Å²) < 4.78 is 0. The lowest BCUT2D eigenvalue weighted by Gasteiger charge is -2.34. The van der Waals surface area contributed by atoms with Crippen molar-refractivity contribution >= 4 is 11.6 Å². The van der Waals surface area contributed by atoms with Crippen LogP contribution in [-0.2, 0) is 6.42 Å². The molecule has 0 bridgehead atoms. The summed E-state index contributed by atoms with van der Waals surface area (Å²) in [4.78, 5) is 17.4. The van der Waals surface area contributed by atoms with Crippen LogP contribution in [0.3, 0.4) is 0 Å². The highest BCUT2D eigenvalue weighted by Gasteiger charge is 2.26. The lowest BCUT2D eigenvalue weighted by Crippen LogP contribution is -2.41. The second kappa shape index (κ2) is 6.52. The van der Waals surface area contributed by atoms with E-state index in [0.29, 0.717) is 0 Å². The zero-order valence-electron chi connectivity index (χ0n) is 13.9. The van der Waals surface area contributed by atoms with Crippen molar-refractivity contribution in [2.24, 2.45) is 5.92 Å². The van der Waals surface area contributed by atoms with Gasteiger partial charge in [-0.2, -0.15) is 0 Å². The van der Waals surface area contributed by atoms with E-state index in [1.807, 2.05) is 6.07 Å². The van der Waals surface area contributed by atoms with Crippen molar-refractivity contribution in [3.8, 4) is 0 Å². The van der Waals surface area contributed by atoms with Gasteiger partial charge in [0.05, 0.1) is 0 Å². The zero-order chi connectivity index (χ0) is 15.6. The summed E-state index contributed by atoms with van der Waals surface area (Å²) in [5, 5.41) is 3.36. The first-order valence-corrected chi connectivity index (χ1v) is 9.18. The molecule has 0 saturated carbocycles. The lowest BCUT2D eigenvalue weighted by atomic mass is 9.95. The van der Waals surface area contributed by atoms with Gasteiger partial charge in [0.2, 0.25) is 0 Å². The van der Waals surface area contributed by atoms with Crippen LogP contribution in [0.15, 0.2) is 18.2 Å². The third kappa shape index (κ3) is 3.23. The molecule has 124 valence electrons. The fourth-order valence-corrected chi connectivity index (χ4v) is 4.27. The molecule has 1 amide bonds. The number of hydrogen-bond acceptors (Lipinski definition) is 3. The van der Waals surface area contributed by atoms with E-state index in [1.54, 1.807) is 0 Å². The minimum absolute atomic E-state index is 0.222. The van der Waals surface area contributed by atoms with Gasteiger partial charge in [-0.15, -0.1) is 0 Å². The smallest absolute Gasteiger partial charge is 0.253 e. The molecule has 1 aromatic rings. The van der Waals surface area contributed by atoms with E-state index in [1.165, 1.54) is 43.7 Å². The molecule has 0 spiro atoms. The SMILES string of the molecule is O=C(c1ccc2c(c1)CCN2)N1CCC(CN2CCCC2)CC1. The average molecular weight is 313 g/mol. The molecule has 23 heavy (non-hydrogen) atoms. The predicted octanol–water partition coefficient (Wildman–Crippen LogP) is 2.60. The maximum absolute atomic E-state index is 12.7. The minimum atomic E-state index is 0.222. The molecule has 4 heteroatoms. The Morgan fingerprint density at radius 2 is 1.91 bits per heavy atom. The standard InChI is InChI=1S/C19H27N3O/c23-19(17-3-4-18-16(13-17)5-8-20-18)22-11-6-15(7-12-22)14-21-9-1-2-10-21/h3-4,13,15,20H,1-2,5-12,14H2. The van der Waals surface area contributed by atoms with Crippen molar-refractivity contribution in [3.05, 3.63) is 29.3 Å². The van der Waals surface area contributed by atoms with Gasteiger partial charge >= 0.3 is 0 Å². The molecule has 3 aliphatic heterocycles. The number of piperidine rings is 1. The number of amides is 1. The van der Waals surface area contributed by atoms with Crippen LogP contribution in [-0.4, -0.2) is 55.0 Å². The summed E-state index contributed by atoms with van der Waals surface area (Å²) in [6.07, 6.45) is 6.09. The number of rotatable bonds is 3. The Kier molecular flexibility index (Phi) is 4.25. The van der Waals surface area contributed by atoms with E-state index in [4.69, 9.17) is 0 Å². The second-order valence-electron chi connectivity index (χ2n) is 7.29. The van der Waals surface area contributed by atoms with Crippen LogP contribution in [0, 0.1) is 5.92 Å². The lowest BCUT2D eigenvalue weighted by molar-refractivity contribution is 0.0673. The highest BCUT2D eigenvalue weighted by Crippen LogP contribution is 2.25. The molecule has 0 atom stereocenters. The number of nitrogens with one attached hydrogen (secondary N) is 1. The van der Waals surface area contributed by atoms with Gasteiger partial charge < -0.3 is 15.1 Å². The quantitative estimate of drug-likeness (QED) is 0.932. The van der Waals surface area contributed by atoms with Gasteiger partial charge in [0.15, 0.2) is 0 Å². The predicted molar refractivity (Wildman–Crippen MR) is 92.9 cm³/mol. The van der Waals surface area contributed by atoms with Gasteiger partial charge in [0.1, 0.15) is 0 Å². The molecule has 4 nitrogen and oxygen atoms in total. The normalized spacial score (nSPS) is 22.2. The number of benzene rings is 1. The number of anilines is 1. The monoisotopic (exact) mass is 313 g/mol. The maximum Gasteiger partial charge on any atom is 0.253 e. The first-order chi connectivity index (χ1) is 11.3. The van der Waals surface area contributed by atoms with Crippen molar-refractivity contribution in [1.82, 2.24) is 9.80 Å². The molecule has 0 unspecified atom stereocenters. The molecule has 0 radical (unpaired) electrons. The number of fused-ring (bicyclic) bond motifs is 1. The van der Waals surface area contributed by atoms with Gasteiger partial charge in [-0.05, 0) is 74.9 Å². The Morgan fingerprint density at radius 1 is 1.13 bits per heavy atom. The molecule has 2 fully saturated rings. The summed E-state index contributed by atoms with van der Waals surface area (Å²) in [5.41, 5.74) is 3.36. The van der Waals surface area contributed by atoms with E-state index in [0.717, 1.165) is 50.4 Å². The van der Waals surface area contributed by atoms with Gasteiger partial charge in [-0.1, -0.05) is 0 Å². The van der Waals surface area contributed by atoms with Gasteiger partial charge in [0.25, 0.3) is 5.91 Å². The van der Waals surface area contributed by atoms with Crippen LogP contribution in [0.5, 0.6) is 0 Å². The number of carbonyl (C=O) groups is 1. The van der Waals surface area contributed by atoms with Crippen LogP contribution in [0.4, 0.5) is 5.69 Å². The molecule has 1 N–H and O–H groups in total. The minimum Gasteiger partial charge on any atom is -0.384 e. The van der Waals surface area contributed by atoms with Crippen LogP contribution in [0.25, 0.3) is 0 Å². The molecular weight excluding hydrogens is 286 g/mol. The zero-order valence-corrected chi connectivity index (χ0v) is 13.9. The van der Waals surface area contributed by atoms with Crippen molar-refractivity contribution in [3.63, 3.8) is 0 Å². The fourth-order valence-electron chi connectivity index (χ4n) is 4.27. The highest BCUT2D eigenvalue weighted by molar-refractivity contribution is 5.95. The van der Waals surface area contributed by atoms with E-state index < -0.39 is 0 Å². The van der Waals surface area contributed by atoms with Crippen molar-refractivity contribution in [2.45, 2.75) is 32.1 Å². The Labute approximate surface area is 138 Å². The topological polar surface area (TPSA) is 35.6 Å². The third-order valence-electron chi connectivity index (χ3n) is 5.68. The molecule has 1 aromatic carbocycles. The Balaban J connectivity index is 1.33. The van der Waals surface area contributed by atoms with E-state index in [2.05, 4.69) is 27.2 Å². The Bertz CT molecular complexity index is 572. The van der Waals surface area contributed by atoms with Crippen LogP contribution in [0.1, 0.15) is 41.6 Å². The van der Waals surface area contributed by atoms with Gasteiger partial charge in [-0.3, -0.25) is 4.79 Å². The van der Waals surface area contributed by atoms with Crippen LogP contribution in [0.2, 0.25) is 0 Å². The first-order valence-electron chi connectivity index (χ1n) is 9.18. The van der Waals surface area contributed by atoms with Gasteiger partial charge in [0, 0.05) is 37.4 Å². The van der Waals surface area contributed by atoms with E-state index >= 15 is 0 Å². The fraction of sp³-hybridized carbons (Fsp3) is 0.632. The Morgan fingerprint density at radius 3 is 2.70 bits per heavy atom. The van der Waals surface area contributed by atoms with E-state index in [-0.39, 0.29) is 5.91 Å². The Hall–Kier alpha value is -1.55. The summed E-state index contributed by atoms with van der Waals surface area (Å²) in [5.74, 6) is 1.00. The third-order valence-corrected chi connectivity index (χ3v) is 5.68. The number of carbonyl (C=O) groups excluding carboxylic acids is 1. The van der Waals surface area contributed by atoms with Crippen molar-refractivity contribution in [2.75, 3.05) is 44.6 Å². The molecule has 2 saturated heterocycles. The number of hydrogen-bond donors (Lipinski definition) is 1. The number of nitrogens with zero attached hydrogens (tertiary/aromatic N) is 2. The van der Waals surface area contributed by atoms with Crippen molar-refractivity contribution < 1.29 is 4.79 Å². The molecular formula is C19H27N3O. The summed E-state index contributed by atoms with van der Waals surface area (Å²) in [6, 6.07) is 6.14. The molecule has 0 aliphatic carbocycles. The molecule has 3 heterocycles. The largest absolute Gasteiger partial charge is 0.384 e. The van der Waals surface area contributed by atoms with Crippen LogP contribution < -0.4 is 5.32 Å². The highest BCUT2D eigenvalue weighted by atomic mass is 16.2. The van der Waals surface area contributed by atoms with E-state index in [9.17, 15) is 4.79 Å². The average Bonchev–Trinajstić information content (AvgIpc) is 3.25. The molecule has 3 aliphatic rings. The number of likely N-dealkylation sites (tertiary alicyclic amines) is 2. The maximum atomic E-state index is 12.7. The summed E-state index contributed by atoms with van der Waals surface area (Å²) >= 11 is 0. The van der Waals surface area contributed by atoms with Gasteiger partial charge in [-0.25, -0.2) is 0 Å². The summed E-state index contributed by atoms with van der Waals surface area (Å²) in [6.45, 7) is 6.64. The first kappa shape index (κ1) is 15.0. The summed E-state index contributed by atoms with van der Waals surface area (Å²) in [7, 11) is 0. The molecule has 0 aromatic heterocycles. The second-order valence-corrected chi connectivity index (χ2v) is 7.29. The molecule has 4 rings (SSSR count). The van der Waals surface area contributed by atoms with Crippen LogP contribution >= 0.6 is 0 Å². The van der Waals surface area contributed by atoms with Crippen molar-refractivity contribution in [1.29, 1.82) is 0 Å².